The molecule has 138 valence electrons. The maximum Gasteiger partial charge on any atom is 0.233 e. The lowest BCUT2D eigenvalue weighted by Gasteiger charge is -2.26. The van der Waals surface area contributed by atoms with Gasteiger partial charge >= 0.3 is 0 Å². The molecule has 1 aromatic rings. The molecule has 1 saturated heterocycles. The molecule has 0 bridgehead atoms. The summed E-state index contributed by atoms with van der Waals surface area (Å²) in [4.78, 5) is 26.0. The molecular weight excluding hydrogens is 326 g/mol. The van der Waals surface area contributed by atoms with Gasteiger partial charge in [-0.3, -0.25) is 14.5 Å². The first-order chi connectivity index (χ1) is 12.1. The molecule has 0 aromatic heterocycles. The van der Waals surface area contributed by atoms with E-state index in [0.29, 0.717) is 23.7 Å². The molecule has 0 unspecified atom stereocenters. The molecule has 0 aliphatic carbocycles. The van der Waals surface area contributed by atoms with Crippen molar-refractivity contribution in [1.82, 2.24) is 10.2 Å². The minimum absolute atomic E-state index is 0.225. The van der Waals surface area contributed by atoms with Gasteiger partial charge in [-0.1, -0.05) is 0 Å². The summed E-state index contributed by atoms with van der Waals surface area (Å²) in [6, 6.07) is 5.03. The Morgan fingerprint density at radius 2 is 1.84 bits per heavy atom. The maximum atomic E-state index is 12.0. The second-order valence-corrected chi connectivity index (χ2v) is 5.60. The van der Waals surface area contributed by atoms with Crippen LogP contribution in [0.4, 0.5) is 5.69 Å². The Bertz CT molecular complexity index is 588. The first-order valence-electron chi connectivity index (χ1n) is 8.21. The number of nitrogens with one attached hydrogen (secondary N) is 2. The van der Waals surface area contributed by atoms with Crippen molar-refractivity contribution in [2.24, 2.45) is 0 Å². The molecule has 8 nitrogen and oxygen atoms in total. The van der Waals surface area contributed by atoms with E-state index >= 15 is 0 Å². The summed E-state index contributed by atoms with van der Waals surface area (Å²) in [5.41, 5.74) is 0.545. The number of nitrogens with zero attached hydrogens (tertiary/aromatic N) is 1. The molecule has 0 atom stereocenters. The number of ether oxygens (including phenoxy) is 3. The molecule has 1 fully saturated rings. The third-order valence-electron chi connectivity index (χ3n) is 3.84. The molecule has 1 aliphatic rings. The largest absolute Gasteiger partial charge is 0.493 e. The minimum atomic E-state index is -0.379. The van der Waals surface area contributed by atoms with E-state index in [1.165, 1.54) is 14.2 Å². The fourth-order valence-corrected chi connectivity index (χ4v) is 2.51. The number of carbonyl (C=O) groups is 2. The number of rotatable bonds is 8. The molecular formula is C17H25N3O5. The Labute approximate surface area is 147 Å². The molecule has 8 heteroatoms. The van der Waals surface area contributed by atoms with E-state index in [0.717, 1.165) is 32.8 Å². The monoisotopic (exact) mass is 351 g/mol. The molecule has 25 heavy (non-hydrogen) atoms. The van der Waals surface area contributed by atoms with E-state index in [2.05, 4.69) is 15.5 Å². The third kappa shape index (κ3) is 6.24. The van der Waals surface area contributed by atoms with Crippen LogP contribution < -0.4 is 20.1 Å². The minimum Gasteiger partial charge on any atom is -0.493 e. The number of amides is 2. The fraction of sp³-hybridized carbons (Fsp3) is 0.529. The van der Waals surface area contributed by atoms with Gasteiger partial charge in [0.2, 0.25) is 11.8 Å². The number of benzene rings is 1. The quantitative estimate of drug-likeness (QED) is 0.663. The normalized spacial score (nSPS) is 14.6. The van der Waals surface area contributed by atoms with E-state index in [9.17, 15) is 9.59 Å². The zero-order valence-corrected chi connectivity index (χ0v) is 14.7. The first-order valence-corrected chi connectivity index (χ1v) is 8.21. The van der Waals surface area contributed by atoms with Gasteiger partial charge in [0.15, 0.2) is 11.5 Å². The van der Waals surface area contributed by atoms with Gasteiger partial charge in [-0.2, -0.15) is 0 Å². The second-order valence-electron chi connectivity index (χ2n) is 5.60. The highest BCUT2D eigenvalue weighted by Gasteiger charge is 2.13. The van der Waals surface area contributed by atoms with Gasteiger partial charge in [-0.05, 0) is 12.1 Å². The summed E-state index contributed by atoms with van der Waals surface area (Å²) >= 11 is 0. The summed E-state index contributed by atoms with van der Waals surface area (Å²) in [5, 5.41) is 5.44. The lowest BCUT2D eigenvalue weighted by atomic mass is 10.2. The van der Waals surface area contributed by atoms with Crippen LogP contribution in [0.5, 0.6) is 11.5 Å². The van der Waals surface area contributed by atoms with E-state index in [4.69, 9.17) is 14.2 Å². The van der Waals surface area contributed by atoms with Gasteiger partial charge < -0.3 is 24.8 Å². The van der Waals surface area contributed by atoms with Crippen molar-refractivity contribution in [2.75, 3.05) is 58.9 Å². The number of hydrogen-bond donors (Lipinski definition) is 2. The van der Waals surface area contributed by atoms with Gasteiger partial charge in [0, 0.05) is 37.9 Å². The Hall–Kier alpha value is -2.32. The average Bonchev–Trinajstić information content (AvgIpc) is 2.62. The Morgan fingerprint density at radius 1 is 1.12 bits per heavy atom. The smallest absolute Gasteiger partial charge is 0.233 e. The highest BCUT2D eigenvalue weighted by molar-refractivity contribution is 6.03. The highest BCUT2D eigenvalue weighted by Crippen LogP contribution is 2.29. The molecule has 2 amide bonds. The first kappa shape index (κ1) is 19.0. The molecule has 0 spiro atoms. The van der Waals surface area contributed by atoms with E-state index in [1.54, 1.807) is 18.2 Å². The standard InChI is InChI=1S/C17H25N3O5/c1-23-14-4-3-13(11-15(14)24-2)19-17(22)12-16(21)18-5-6-20-7-9-25-10-8-20/h3-4,11H,5-10,12H2,1-2H3,(H,18,21)(H,19,22). The van der Waals surface area contributed by atoms with Crippen LogP contribution in [-0.2, 0) is 14.3 Å². The van der Waals surface area contributed by atoms with Gasteiger partial charge in [0.05, 0.1) is 27.4 Å². The molecule has 0 radical (unpaired) electrons. The van der Waals surface area contributed by atoms with Crippen LogP contribution in [0, 0.1) is 0 Å². The van der Waals surface area contributed by atoms with Crippen LogP contribution in [0.15, 0.2) is 18.2 Å². The zero-order chi connectivity index (χ0) is 18.1. The van der Waals surface area contributed by atoms with Crippen molar-refractivity contribution in [1.29, 1.82) is 0 Å². The predicted molar refractivity (Wildman–Crippen MR) is 93.1 cm³/mol. The van der Waals surface area contributed by atoms with Crippen molar-refractivity contribution in [2.45, 2.75) is 6.42 Å². The number of morpholine rings is 1. The fourth-order valence-electron chi connectivity index (χ4n) is 2.51. The Kier molecular flexibility index (Phi) is 7.49. The van der Waals surface area contributed by atoms with Crippen LogP contribution in [0.3, 0.4) is 0 Å². The SMILES string of the molecule is COc1ccc(NC(=O)CC(=O)NCCN2CCOCC2)cc1OC. The van der Waals surface area contributed by atoms with Crippen LogP contribution in [0.25, 0.3) is 0 Å². The number of methoxy groups -OCH3 is 2. The molecule has 2 N–H and O–H groups in total. The molecule has 1 aliphatic heterocycles. The number of hydrogen-bond acceptors (Lipinski definition) is 6. The lowest BCUT2D eigenvalue weighted by molar-refractivity contribution is -0.126. The Balaban J connectivity index is 1.72. The van der Waals surface area contributed by atoms with Gasteiger partial charge in [-0.15, -0.1) is 0 Å². The van der Waals surface area contributed by atoms with Gasteiger partial charge in [0.1, 0.15) is 6.42 Å². The molecule has 1 heterocycles. The zero-order valence-electron chi connectivity index (χ0n) is 14.7. The van der Waals surface area contributed by atoms with Crippen LogP contribution in [-0.4, -0.2) is 70.3 Å². The van der Waals surface area contributed by atoms with E-state index in [-0.39, 0.29) is 18.2 Å². The highest BCUT2D eigenvalue weighted by atomic mass is 16.5. The molecule has 0 saturated carbocycles. The van der Waals surface area contributed by atoms with E-state index < -0.39 is 0 Å². The lowest BCUT2D eigenvalue weighted by Crippen LogP contribution is -2.41. The van der Waals surface area contributed by atoms with Crippen molar-refractivity contribution in [3.63, 3.8) is 0 Å². The second kappa shape index (κ2) is 9.85. The van der Waals surface area contributed by atoms with Crippen LogP contribution >= 0.6 is 0 Å². The molecule has 1 aromatic carbocycles. The number of carbonyl (C=O) groups excluding carboxylic acids is 2. The van der Waals surface area contributed by atoms with Crippen molar-refractivity contribution in [3.8, 4) is 11.5 Å². The summed E-state index contributed by atoms with van der Waals surface area (Å²) in [6.45, 7) is 4.46. The number of anilines is 1. The van der Waals surface area contributed by atoms with Crippen molar-refractivity contribution < 1.29 is 23.8 Å². The van der Waals surface area contributed by atoms with E-state index in [1.807, 2.05) is 0 Å². The van der Waals surface area contributed by atoms with Gasteiger partial charge in [-0.25, -0.2) is 0 Å². The third-order valence-corrected chi connectivity index (χ3v) is 3.84. The van der Waals surface area contributed by atoms with Gasteiger partial charge in [0.25, 0.3) is 0 Å². The van der Waals surface area contributed by atoms with Crippen molar-refractivity contribution in [3.05, 3.63) is 18.2 Å². The summed E-state index contributed by atoms with van der Waals surface area (Å²) in [7, 11) is 3.06. The predicted octanol–water partition coefficient (Wildman–Crippen LogP) is 0.481. The summed E-state index contributed by atoms with van der Waals surface area (Å²) < 4.78 is 15.6. The Morgan fingerprint density at radius 3 is 2.52 bits per heavy atom. The molecule has 2 rings (SSSR count). The van der Waals surface area contributed by atoms with Crippen LogP contribution in [0.2, 0.25) is 0 Å². The van der Waals surface area contributed by atoms with Crippen molar-refractivity contribution >= 4 is 17.5 Å². The summed E-state index contributed by atoms with van der Waals surface area (Å²) in [5.74, 6) is 0.402. The summed E-state index contributed by atoms with van der Waals surface area (Å²) in [6.07, 6.45) is -0.225. The average molecular weight is 351 g/mol. The topological polar surface area (TPSA) is 89.1 Å². The van der Waals surface area contributed by atoms with Crippen LogP contribution in [0.1, 0.15) is 6.42 Å². The maximum absolute atomic E-state index is 12.0.